The largest absolute Gasteiger partial charge is 0.433 e. The van der Waals surface area contributed by atoms with E-state index in [9.17, 15) is 37.7 Å². The maximum Gasteiger partial charge on any atom is 0.433 e. The number of fused-ring (bicyclic) bond motifs is 1. The lowest BCUT2D eigenvalue weighted by Gasteiger charge is -2.40. The molecular formula is C16H16F8N2OS. The van der Waals surface area contributed by atoms with Gasteiger partial charge in [-0.15, -0.1) is 0 Å². The molecule has 0 bridgehead atoms. The van der Waals surface area contributed by atoms with Gasteiger partial charge in [0.2, 0.25) is 0 Å². The fourth-order valence-corrected chi connectivity index (χ4v) is 3.89. The van der Waals surface area contributed by atoms with Crippen molar-refractivity contribution in [3.63, 3.8) is 0 Å². The Labute approximate surface area is 154 Å². The van der Waals surface area contributed by atoms with Crippen LogP contribution in [0.3, 0.4) is 0 Å². The Hall–Kier alpha value is -1.66. The first-order valence-corrected chi connectivity index (χ1v) is 10.2. The molecule has 0 unspecified atom stereocenters. The number of piperidine rings is 1. The van der Waals surface area contributed by atoms with Crippen LogP contribution in [0.2, 0.25) is 0 Å². The molecule has 1 aromatic heterocycles. The number of alkyl halides is 3. The summed E-state index contributed by atoms with van der Waals surface area (Å²) in [5.41, 5.74) is -2.52. The fourth-order valence-electron chi connectivity index (χ4n) is 3.23. The second kappa shape index (κ2) is 5.92. The zero-order valence-electron chi connectivity index (χ0n) is 14.1. The van der Waals surface area contributed by atoms with Crippen LogP contribution < -0.4 is 5.32 Å². The minimum Gasteiger partial charge on any atom is -0.387 e. The molecule has 3 nitrogen and oxygen atoms in total. The van der Waals surface area contributed by atoms with Crippen molar-refractivity contribution in [3.05, 3.63) is 35.5 Å². The molecule has 12 heteroatoms. The number of halogens is 8. The first-order chi connectivity index (χ1) is 12.6. The van der Waals surface area contributed by atoms with Crippen molar-refractivity contribution in [1.82, 2.24) is 10.3 Å². The van der Waals surface area contributed by atoms with E-state index in [-0.39, 0.29) is 12.1 Å². The van der Waals surface area contributed by atoms with Gasteiger partial charge in [-0.1, -0.05) is 25.8 Å². The summed E-state index contributed by atoms with van der Waals surface area (Å²) in [7, 11) is -10.1. The lowest BCUT2D eigenvalue weighted by atomic mass is 9.92. The molecule has 0 spiro atoms. The van der Waals surface area contributed by atoms with Gasteiger partial charge in [-0.05, 0) is 49.2 Å². The molecule has 2 heterocycles. The minimum absolute atomic E-state index is 0.00601. The summed E-state index contributed by atoms with van der Waals surface area (Å²) in [4.78, 5) is 0.997. The fraction of sp³-hybridized carbons (Fsp3) is 0.438. The molecule has 1 aromatic carbocycles. The summed E-state index contributed by atoms with van der Waals surface area (Å²) in [6, 6.07) is 0.224. The van der Waals surface area contributed by atoms with E-state index < -0.39 is 55.6 Å². The Morgan fingerprint density at radius 1 is 1.07 bits per heavy atom. The highest BCUT2D eigenvalue weighted by atomic mass is 32.5. The normalized spacial score (nSPS) is 22.5. The summed E-state index contributed by atoms with van der Waals surface area (Å²) in [6.45, 7) is 0.466. The molecule has 1 aliphatic heterocycles. The molecule has 0 aliphatic carbocycles. The van der Waals surface area contributed by atoms with Crippen LogP contribution >= 0.6 is 10.2 Å². The molecular weight excluding hydrogens is 420 g/mol. The van der Waals surface area contributed by atoms with Crippen molar-refractivity contribution >= 4 is 21.1 Å². The lowest BCUT2D eigenvalue weighted by molar-refractivity contribution is -0.141. The smallest absolute Gasteiger partial charge is 0.387 e. The van der Waals surface area contributed by atoms with Crippen LogP contribution in [-0.4, -0.2) is 22.7 Å². The van der Waals surface area contributed by atoms with Gasteiger partial charge in [-0.2, -0.15) is 13.2 Å². The molecule has 1 saturated heterocycles. The van der Waals surface area contributed by atoms with E-state index in [2.05, 4.69) is 10.3 Å². The summed E-state index contributed by atoms with van der Waals surface area (Å²) in [5.74, 6) is 0. The average molecular weight is 436 g/mol. The van der Waals surface area contributed by atoms with Crippen molar-refractivity contribution in [2.24, 2.45) is 0 Å². The van der Waals surface area contributed by atoms with E-state index in [0.29, 0.717) is 31.5 Å². The first-order valence-electron chi connectivity index (χ1n) is 8.24. The molecule has 3 rings (SSSR count). The maximum absolute atomic E-state index is 13.2. The van der Waals surface area contributed by atoms with Gasteiger partial charge in [-0.25, -0.2) is 4.98 Å². The number of aliphatic hydroxyl groups is 1. The molecule has 0 saturated carbocycles. The summed E-state index contributed by atoms with van der Waals surface area (Å²) < 4.78 is 105. The van der Waals surface area contributed by atoms with Crippen LogP contribution in [0.1, 0.15) is 36.6 Å². The van der Waals surface area contributed by atoms with Crippen molar-refractivity contribution < 1.29 is 37.7 Å². The Bertz CT molecular complexity index is 907. The van der Waals surface area contributed by atoms with E-state index in [1.165, 1.54) is 0 Å². The van der Waals surface area contributed by atoms with E-state index in [1.54, 1.807) is 0 Å². The third kappa shape index (κ3) is 4.33. The Morgan fingerprint density at radius 3 is 2.29 bits per heavy atom. The van der Waals surface area contributed by atoms with Crippen LogP contribution in [0.25, 0.3) is 10.9 Å². The van der Waals surface area contributed by atoms with Crippen LogP contribution in [0.15, 0.2) is 29.2 Å². The van der Waals surface area contributed by atoms with Crippen molar-refractivity contribution in [2.75, 3.05) is 6.54 Å². The lowest BCUT2D eigenvalue weighted by Crippen LogP contribution is -2.39. The Kier molecular flexibility index (Phi) is 4.46. The van der Waals surface area contributed by atoms with Gasteiger partial charge in [0.05, 0.1) is 11.6 Å². The number of aliphatic hydroxyl groups excluding tert-OH is 1. The minimum atomic E-state index is -10.1. The standard InChI is InChI=1S/C16H16F8N2OS/c17-16(18,19)14-8-11(15(27)13-3-1-2-6-25-13)10-7-9(4-5-12(10)26-14)28(20,21,22,23)24/h4-5,7-8,13,15,25,27H,1-3,6H2/t13-,15+/m0/s1. The Morgan fingerprint density at radius 2 is 1.75 bits per heavy atom. The number of aromatic nitrogens is 1. The van der Waals surface area contributed by atoms with Gasteiger partial charge in [-0.3, -0.25) is 0 Å². The summed E-state index contributed by atoms with van der Waals surface area (Å²) in [6.07, 6.45) is -4.77. The second-order valence-corrected chi connectivity index (χ2v) is 9.15. The zero-order chi connectivity index (χ0) is 21.0. The van der Waals surface area contributed by atoms with Crippen LogP contribution in [0, 0.1) is 0 Å². The average Bonchev–Trinajstić information content (AvgIpc) is 2.57. The predicted molar refractivity (Wildman–Crippen MR) is 88.7 cm³/mol. The monoisotopic (exact) mass is 436 g/mol. The molecule has 0 radical (unpaired) electrons. The quantitative estimate of drug-likeness (QED) is 0.573. The van der Waals surface area contributed by atoms with Gasteiger partial charge in [0.25, 0.3) is 0 Å². The number of rotatable bonds is 3. The van der Waals surface area contributed by atoms with Crippen LogP contribution in [0.5, 0.6) is 0 Å². The van der Waals surface area contributed by atoms with E-state index >= 15 is 0 Å². The number of nitrogens with one attached hydrogen (secondary N) is 1. The van der Waals surface area contributed by atoms with Crippen LogP contribution in [0.4, 0.5) is 32.6 Å². The number of hydrogen-bond donors (Lipinski definition) is 2. The van der Waals surface area contributed by atoms with Gasteiger partial charge in [0, 0.05) is 11.4 Å². The molecule has 1 aliphatic rings. The molecule has 2 atom stereocenters. The SMILES string of the molecule is O[C@H](c1cc(C(F)(F)F)nc2ccc(S(F)(F)(F)(F)F)cc12)[C@@H]1CCCCN1. The number of benzene rings is 1. The van der Waals surface area contributed by atoms with Crippen molar-refractivity contribution in [2.45, 2.75) is 42.5 Å². The van der Waals surface area contributed by atoms with E-state index in [1.807, 2.05) is 0 Å². The molecule has 0 amide bonds. The molecule has 2 aromatic rings. The highest BCUT2D eigenvalue weighted by molar-refractivity contribution is 8.45. The molecule has 2 N–H and O–H groups in total. The van der Waals surface area contributed by atoms with Crippen LogP contribution in [-0.2, 0) is 6.18 Å². The predicted octanol–water partition coefficient (Wildman–Crippen LogP) is 6.09. The topological polar surface area (TPSA) is 45.2 Å². The molecule has 28 heavy (non-hydrogen) atoms. The van der Waals surface area contributed by atoms with E-state index in [4.69, 9.17) is 0 Å². The number of nitrogens with zero attached hydrogens (tertiary/aromatic N) is 1. The third-order valence-corrected chi connectivity index (χ3v) is 5.74. The zero-order valence-corrected chi connectivity index (χ0v) is 14.9. The van der Waals surface area contributed by atoms with E-state index in [0.717, 1.165) is 6.42 Å². The van der Waals surface area contributed by atoms with Crippen molar-refractivity contribution in [1.29, 1.82) is 0 Å². The van der Waals surface area contributed by atoms with Gasteiger partial charge in [0.15, 0.2) is 0 Å². The van der Waals surface area contributed by atoms with Crippen molar-refractivity contribution in [3.8, 4) is 0 Å². The molecule has 158 valence electrons. The first kappa shape index (κ1) is 21.1. The maximum atomic E-state index is 13.2. The summed E-state index contributed by atoms with van der Waals surface area (Å²) >= 11 is 0. The Balaban J connectivity index is 2.25. The third-order valence-electron chi connectivity index (χ3n) is 4.60. The second-order valence-electron chi connectivity index (χ2n) is 6.74. The van der Waals surface area contributed by atoms with Gasteiger partial charge in [0.1, 0.15) is 10.6 Å². The van der Waals surface area contributed by atoms with Gasteiger partial charge >= 0.3 is 16.4 Å². The van der Waals surface area contributed by atoms with Gasteiger partial charge < -0.3 is 10.4 Å². The summed E-state index contributed by atoms with van der Waals surface area (Å²) in [5, 5.41) is 12.8. The number of pyridine rings is 1. The highest BCUT2D eigenvalue weighted by Crippen LogP contribution is 3.02. The number of hydrogen-bond acceptors (Lipinski definition) is 3. The molecule has 1 fully saturated rings. The highest BCUT2D eigenvalue weighted by Gasteiger charge is 2.65.